The maximum Gasteiger partial charge on any atom is 0.261 e. The molecule has 0 bridgehead atoms. The predicted octanol–water partition coefficient (Wildman–Crippen LogP) is 5.66. The first kappa shape index (κ1) is 30.4. The number of nitrogens with zero attached hydrogens (tertiary/aromatic N) is 3. The van der Waals surface area contributed by atoms with Crippen LogP contribution in [0.2, 0.25) is 0 Å². The summed E-state index contributed by atoms with van der Waals surface area (Å²) in [7, 11) is 1.43. The van der Waals surface area contributed by atoms with Gasteiger partial charge in [-0.05, 0) is 74.4 Å². The molecule has 1 aliphatic rings. The lowest BCUT2D eigenvalue weighted by molar-refractivity contribution is -0.108. The van der Waals surface area contributed by atoms with E-state index in [-0.39, 0.29) is 11.3 Å². The molecule has 4 rings (SSSR count). The quantitative estimate of drug-likeness (QED) is 0.106. The number of hydrogen-bond donors (Lipinski definition) is 1. The Hall–Kier alpha value is -4.59. The standard InChI is InChI=1S/C34H38N4O4/c1-6-9-10-31-30(34(41)38(22(4)36-31)26-17-15-25-16-18-32(40)29(25)20-26)19-23-11-13-24(14-12-23)27(7-2)28(8-3)33(35-21-39)37-42-5/h7-8,11-15,17,20-21H,6,9-10,16,18-19H2,1-5H3,(H,35,37,39)/b27-7-,28-8+. The number of rotatable bonds is 11. The molecule has 0 saturated carbocycles. The Labute approximate surface area is 246 Å². The van der Waals surface area contributed by atoms with Crippen LogP contribution in [-0.4, -0.2) is 34.7 Å². The molecule has 0 fully saturated rings. The highest BCUT2D eigenvalue weighted by Crippen LogP contribution is 2.27. The van der Waals surface area contributed by atoms with Crippen molar-refractivity contribution in [3.63, 3.8) is 0 Å². The summed E-state index contributed by atoms with van der Waals surface area (Å²) >= 11 is 0. The molecule has 1 amide bonds. The van der Waals surface area contributed by atoms with Crippen molar-refractivity contribution >= 4 is 23.6 Å². The average molecular weight is 567 g/mol. The number of aryl methyl sites for hydroxylation is 3. The first-order valence-electron chi connectivity index (χ1n) is 14.4. The van der Waals surface area contributed by atoms with Crippen LogP contribution in [0.1, 0.15) is 84.2 Å². The molecule has 8 nitrogen and oxygen atoms in total. The molecule has 0 atom stereocenters. The number of hydrogen-bond acceptors (Lipinski definition) is 6. The van der Waals surface area contributed by atoms with Gasteiger partial charge in [0, 0.05) is 29.5 Å². The van der Waals surface area contributed by atoms with Crippen molar-refractivity contribution in [3.8, 4) is 5.69 Å². The summed E-state index contributed by atoms with van der Waals surface area (Å²) in [5.41, 5.74) is 7.30. The molecule has 0 aliphatic heterocycles. The Bertz CT molecular complexity index is 1630. The van der Waals surface area contributed by atoms with E-state index in [1.54, 1.807) is 4.57 Å². The fraction of sp³-hybridized carbons (Fsp3) is 0.324. The molecular weight excluding hydrogens is 528 g/mol. The van der Waals surface area contributed by atoms with Gasteiger partial charge in [-0.3, -0.25) is 19.0 Å². The lowest BCUT2D eigenvalue weighted by Gasteiger charge is -2.17. The van der Waals surface area contributed by atoms with E-state index in [1.165, 1.54) is 7.11 Å². The van der Waals surface area contributed by atoms with Crippen LogP contribution < -0.4 is 10.9 Å². The van der Waals surface area contributed by atoms with Crippen LogP contribution in [0.5, 0.6) is 0 Å². The van der Waals surface area contributed by atoms with Crippen molar-refractivity contribution < 1.29 is 14.4 Å². The summed E-state index contributed by atoms with van der Waals surface area (Å²) in [4.78, 5) is 47.5. The van der Waals surface area contributed by atoms with E-state index in [4.69, 9.17) is 9.82 Å². The second-order valence-electron chi connectivity index (χ2n) is 10.3. The summed E-state index contributed by atoms with van der Waals surface area (Å²) in [6.07, 6.45) is 8.74. The van der Waals surface area contributed by atoms with Gasteiger partial charge in [0.2, 0.25) is 6.41 Å². The largest absolute Gasteiger partial charge is 0.397 e. The van der Waals surface area contributed by atoms with Gasteiger partial charge < -0.3 is 10.2 Å². The zero-order chi connectivity index (χ0) is 30.2. The smallest absolute Gasteiger partial charge is 0.261 e. The number of carbonyl (C=O) groups is 2. The predicted molar refractivity (Wildman–Crippen MR) is 166 cm³/mol. The fourth-order valence-corrected chi connectivity index (χ4v) is 5.52. The van der Waals surface area contributed by atoms with Crippen molar-refractivity contribution in [3.05, 3.63) is 110 Å². The van der Waals surface area contributed by atoms with Gasteiger partial charge in [0.1, 0.15) is 12.9 Å². The monoisotopic (exact) mass is 566 g/mol. The lowest BCUT2D eigenvalue weighted by atomic mass is 9.94. The van der Waals surface area contributed by atoms with E-state index in [2.05, 4.69) is 17.4 Å². The minimum atomic E-state index is -0.103. The second-order valence-corrected chi connectivity index (χ2v) is 10.3. The van der Waals surface area contributed by atoms with Gasteiger partial charge in [0.05, 0.1) is 11.4 Å². The Kier molecular flexibility index (Phi) is 10.0. The third kappa shape index (κ3) is 6.33. The number of Topliss-reactive ketones (excluding diaryl/α,β-unsaturated/α-hetero) is 1. The molecule has 1 aromatic heterocycles. The summed E-state index contributed by atoms with van der Waals surface area (Å²) in [5.74, 6) is 1.05. The number of carbonyl (C=O) groups excluding carboxylic acids is 2. The van der Waals surface area contributed by atoms with E-state index in [0.29, 0.717) is 47.7 Å². The molecule has 1 N–H and O–H groups in total. The number of unbranched alkanes of at least 4 members (excludes halogenated alkanes) is 1. The number of benzene rings is 2. The molecule has 0 unspecified atom stereocenters. The molecule has 0 spiro atoms. The molecule has 42 heavy (non-hydrogen) atoms. The van der Waals surface area contributed by atoms with Gasteiger partial charge in [-0.1, -0.05) is 61.0 Å². The Balaban J connectivity index is 1.72. The van der Waals surface area contributed by atoms with Crippen molar-refractivity contribution in [1.82, 2.24) is 14.9 Å². The van der Waals surface area contributed by atoms with Crippen LogP contribution in [-0.2, 0) is 28.9 Å². The molecule has 0 saturated heterocycles. The second kappa shape index (κ2) is 13.9. The van der Waals surface area contributed by atoms with Gasteiger partial charge >= 0.3 is 0 Å². The topological polar surface area (TPSA) is 103 Å². The molecule has 8 heteroatoms. The number of ketones is 1. The van der Waals surface area contributed by atoms with E-state index < -0.39 is 0 Å². The van der Waals surface area contributed by atoms with Crippen LogP contribution in [0.4, 0.5) is 0 Å². The minimum absolute atomic E-state index is 0.103. The van der Waals surface area contributed by atoms with Gasteiger partial charge in [0.25, 0.3) is 5.56 Å². The molecular formula is C34H38N4O4. The van der Waals surface area contributed by atoms with Crippen LogP contribution in [0.15, 0.2) is 70.1 Å². The Morgan fingerprint density at radius 3 is 2.50 bits per heavy atom. The van der Waals surface area contributed by atoms with Crippen LogP contribution in [0.25, 0.3) is 11.3 Å². The van der Waals surface area contributed by atoms with E-state index in [0.717, 1.165) is 59.2 Å². The summed E-state index contributed by atoms with van der Waals surface area (Å²) in [5, 5.41) is 6.57. The number of oxime groups is 1. The number of amidine groups is 1. The van der Waals surface area contributed by atoms with Gasteiger partial charge in [-0.15, -0.1) is 0 Å². The summed E-state index contributed by atoms with van der Waals surface area (Å²) in [6, 6.07) is 13.7. The molecule has 2 aromatic carbocycles. The lowest BCUT2D eigenvalue weighted by Crippen LogP contribution is -2.28. The number of aromatic nitrogens is 2. The SMILES string of the molecule is C\C=C(C(=C\C)/C(=N/OC)NC=O)\c1ccc(Cc2c(CCCC)nc(C)n(-c3ccc4c(c3)C(=O)CC4)c2=O)cc1. The maximum atomic E-state index is 14.1. The highest BCUT2D eigenvalue weighted by Gasteiger charge is 2.22. The van der Waals surface area contributed by atoms with Crippen LogP contribution in [0, 0.1) is 6.92 Å². The number of fused-ring (bicyclic) bond motifs is 1. The van der Waals surface area contributed by atoms with Crippen molar-refractivity contribution in [2.24, 2.45) is 5.16 Å². The normalized spacial score (nSPS) is 13.7. The zero-order valence-corrected chi connectivity index (χ0v) is 25.0. The number of allylic oxidation sites excluding steroid dienone is 2. The maximum absolute atomic E-state index is 14.1. The van der Waals surface area contributed by atoms with Crippen molar-refractivity contribution in [2.45, 2.75) is 66.2 Å². The number of nitrogens with one attached hydrogen (secondary N) is 1. The number of amides is 1. The molecule has 0 radical (unpaired) electrons. The molecule has 3 aromatic rings. The van der Waals surface area contributed by atoms with Crippen LogP contribution >= 0.6 is 0 Å². The van der Waals surface area contributed by atoms with E-state index in [9.17, 15) is 14.4 Å². The third-order valence-electron chi connectivity index (χ3n) is 7.62. The highest BCUT2D eigenvalue weighted by atomic mass is 16.6. The summed E-state index contributed by atoms with van der Waals surface area (Å²) in [6.45, 7) is 7.77. The molecule has 1 heterocycles. The van der Waals surface area contributed by atoms with E-state index >= 15 is 0 Å². The van der Waals surface area contributed by atoms with Gasteiger partial charge in [0.15, 0.2) is 11.6 Å². The Morgan fingerprint density at radius 1 is 1.10 bits per heavy atom. The van der Waals surface area contributed by atoms with Gasteiger partial charge in [-0.2, -0.15) is 0 Å². The van der Waals surface area contributed by atoms with E-state index in [1.807, 2.05) is 75.4 Å². The average Bonchev–Trinajstić information content (AvgIpc) is 3.36. The third-order valence-corrected chi connectivity index (χ3v) is 7.62. The van der Waals surface area contributed by atoms with Crippen molar-refractivity contribution in [2.75, 3.05) is 7.11 Å². The first-order valence-corrected chi connectivity index (χ1v) is 14.4. The molecule has 1 aliphatic carbocycles. The van der Waals surface area contributed by atoms with Crippen molar-refractivity contribution in [1.29, 1.82) is 0 Å². The fourth-order valence-electron chi connectivity index (χ4n) is 5.52. The first-order chi connectivity index (χ1) is 20.4. The summed E-state index contributed by atoms with van der Waals surface area (Å²) < 4.78 is 1.64. The van der Waals surface area contributed by atoms with Gasteiger partial charge in [-0.25, -0.2) is 4.98 Å². The zero-order valence-electron chi connectivity index (χ0n) is 25.0. The minimum Gasteiger partial charge on any atom is -0.397 e. The van der Waals surface area contributed by atoms with Crippen LogP contribution in [0.3, 0.4) is 0 Å². The Morgan fingerprint density at radius 2 is 1.86 bits per heavy atom. The molecule has 218 valence electrons. The highest BCUT2D eigenvalue weighted by molar-refractivity contribution is 6.14.